The first-order valence-electron chi connectivity index (χ1n) is 8.36. The molecule has 2 unspecified atom stereocenters. The highest BCUT2D eigenvalue weighted by molar-refractivity contribution is 7.17. The van der Waals surface area contributed by atoms with Gasteiger partial charge in [-0.3, -0.25) is 0 Å². The number of nitrogens with one attached hydrogen (secondary N) is 1. The molecule has 3 aromatic rings. The average molecular weight is 337 g/mol. The van der Waals surface area contributed by atoms with Gasteiger partial charge in [-0.15, -0.1) is 9.24 Å². The zero-order chi connectivity index (χ0) is 16.9. The van der Waals surface area contributed by atoms with Crippen LogP contribution in [0.25, 0.3) is 10.8 Å². The predicted octanol–water partition coefficient (Wildman–Crippen LogP) is 5.29. The van der Waals surface area contributed by atoms with E-state index in [1.165, 1.54) is 21.9 Å². The second kappa shape index (κ2) is 7.79. The Morgan fingerprint density at radius 2 is 1.62 bits per heavy atom. The number of hydrogen-bond donors (Lipinski definition) is 1. The molecule has 0 spiro atoms. The van der Waals surface area contributed by atoms with Crippen molar-refractivity contribution in [2.75, 3.05) is 0 Å². The van der Waals surface area contributed by atoms with Crippen molar-refractivity contribution in [1.82, 2.24) is 5.32 Å². The van der Waals surface area contributed by atoms with E-state index in [1.807, 2.05) is 26.0 Å². The molecule has 0 saturated heterocycles. The fourth-order valence-corrected chi connectivity index (χ4v) is 3.23. The Hall–Kier alpha value is -1.89. The Bertz CT molecular complexity index is 793. The molecule has 0 aromatic heterocycles. The SMILES string of the molecule is CC(C)Oc1ccc(CNC(P)c2cccc3ccccc23)cc1. The Morgan fingerprint density at radius 1 is 0.917 bits per heavy atom. The van der Waals surface area contributed by atoms with E-state index in [0.717, 1.165) is 12.3 Å². The van der Waals surface area contributed by atoms with E-state index >= 15 is 0 Å². The minimum Gasteiger partial charge on any atom is -0.491 e. The number of benzene rings is 3. The average Bonchev–Trinajstić information content (AvgIpc) is 2.60. The van der Waals surface area contributed by atoms with Crippen LogP contribution in [0.1, 0.15) is 30.8 Å². The van der Waals surface area contributed by atoms with Crippen LogP contribution in [0, 0.1) is 0 Å². The summed E-state index contributed by atoms with van der Waals surface area (Å²) in [7, 11) is 2.91. The lowest BCUT2D eigenvalue weighted by Crippen LogP contribution is -2.16. The van der Waals surface area contributed by atoms with Crippen molar-refractivity contribution in [3.63, 3.8) is 0 Å². The van der Waals surface area contributed by atoms with Crippen LogP contribution >= 0.6 is 9.24 Å². The summed E-state index contributed by atoms with van der Waals surface area (Å²) in [6.07, 6.45) is 0.205. The van der Waals surface area contributed by atoms with Crippen LogP contribution in [0.5, 0.6) is 5.75 Å². The maximum absolute atomic E-state index is 5.69. The van der Waals surface area contributed by atoms with Gasteiger partial charge in [0.25, 0.3) is 0 Å². The minimum absolute atomic E-state index is 0.205. The second-order valence-electron chi connectivity index (χ2n) is 6.24. The summed E-state index contributed by atoms with van der Waals surface area (Å²) < 4.78 is 5.69. The summed E-state index contributed by atoms with van der Waals surface area (Å²) in [4.78, 5) is 0. The zero-order valence-electron chi connectivity index (χ0n) is 14.2. The van der Waals surface area contributed by atoms with Gasteiger partial charge >= 0.3 is 0 Å². The van der Waals surface area contributed by atoms with Crippen LogP contribution in [0.4, 0.5) is 0 Å². The number of ether oxygens (including phenoxy) is 1. The predicted molar refractivity (Wildman–Crippen MR) is 105 cm³/mol. The minimum atomic E-state index is 0.205. The molecule has 2 nitrogen and oxygen atoms in total. The molecule has 1 N–H and O–H groups in total. The summed E-state index contributed by atoms with van der Waals surface area (Å²) in [6.45, 7) is 4.90. The standard InChI is InChI=1S/C21H24NOP/c1-15(2)23-18-12-10-16(11-13-18)14-22-21(24)20-9-5-7-17-6-3-4-8-19(17)20/h3-13,15,21-22H,14,24H2,1-2H3. The van der Waals surface area contributed by atoms with Crippen LogP contribution in [0.3, 0.4) is 0 Å². The van der Waals surface area contributed by atoms with E-state index in [9.17, 15) is 0 Å². The molecule has 0 amide bonds. The van der Waals surface area contributed by atoms with Gasteiger partial charge < -0.3 is 10.1 Å². The molecule has 2 atom stereocenters. The molecule has 0 bridgehead atoms. The lowest BCUT2D eigenvalue weighted by molar-refractivity contribution is 0.242. The molecule has 0 saturated carbocycles. The summed E-state index contributed by atoms with van der Waals surface area (Å²) >= 11 is 0. The third-order valence-electron chi connectivity index (χ3n) is 3.98. The first-order chi connectivity index (χ1) is 11.6. The lowest BCUT2D eigenvalue weighted by atomic mass is 10.0. The van der Waals surface area contributed by atoms with Crippen molar-refractivity contribution in [1.29, 1.82) is 0 Å². The lowest BCUT2D eigenvalue weighted by Gasteiger charge is -2.17. The van der Waals surface area contributed by atoms with Gasteiger partial charge in [-0.05, 0) is 47.9 Å². The van der Waals surface area contributed by atoms with Gasteiger partial charge in [-0.1, -0.05) is 54.6 Å². The summed E-state index contributed by atoms with van der Waals surface area (Å²) in [5, 5.41) is 6.17. The van der Waals surface area contributed by atoms with Crippen LogP contribution in [0.15, 0.2) is 66.7 Å². The van der Waals surface area contributed by atoms with Gasteiger partial charge in [0.05, 0.1) is 6.10 Å². The molecule has 0 aliphatic carbocycles. The first-order valence-corrected chi connectivity index (χ1v) is 9.02. The smallest absolute Gasteiger partial charge is 0.119 e. The van der Waals surface area contributed by atoms with E-state index in [-0.39, 0.29) is 11.9 Å². The molecule has 0 radical (unpaired) electrons. The maximum atomic E-state index is 5.69. The molecule has 0 fully saturated rings. The fourth-order valence-electron chi connectivity index (χ4n) is 2.82. The number of fused-ring (bicyclic) bond motifs is 1. The number of hydrogen-bond acceptors (Lipinski definition) is 2. The van der Waals surface area contributed by atoms with Crippen molar-refractivity contribution in [3.8, 4) is 5.75 Å². The first kappa shape index (κ1) is 17.0. The highest BCUT2D eigenvalue weighted by Gasteiger charge is 2.09. The second-order valence-corrected chi connectivity index (χ2v) is 6.90. The van der Waals surface area contributed by atoms with Crippen LogP contribution in [0.2, 0.25) is 0 Å². The Morgan fingerprint density at radius 3 is 2.38 bits per heavy atom. The molecule has 124 valence electrons. The third kappa shape index (κ3) is 4.14. The van der Waals surface area contributed by atoms with Gasteiger partial charge in [0.15, 0.2) is 0 Å². The molecular weight excluding hydrogens is 313 g/mol. The Labute approximate surface area is 146 Å². The Balaban J connectivity index is 1.67. The molecule has 3 rings (SSSR count). The van der Waals surface area contributed by atoms with Crippen molar-refractivity contribution in [3.05, 3.63) is 77.9 Å². The topological polar surface area (TPSA) is 21.3 Å². The zero-order valence-corrected chi connectivity index (χ0v) is 15.4. The Kier molecular flexibility index (Phi) is 5.50. The molecule has 0 aliphatic heterocycles. The van der Waals surface area contributed by atoms with Gasteiger partial charge in [-0.2, -0.15) is 0 Å². The number of rotatable bonds is 6. The molecule has 3 aromatic carbocycles. The largest absolute Gasteiger partial charge is 0.491 e. The van der Waals surface area contributed by atoms with E-state index < -0.39 is 0 Å². The van der Waals surface area contributed by atoms with Gasteiger partial charge in [-0.25, -0.2) is 0 Å². The molecule has 0 heterocycles. The highest BCUT2D eigenvalue weighted by Crippen LogP contribution is 2.28. The summed E-state index contributed by atoms with van der Waals surface area (Å²) in [5.74, 6) is 1.13. The van der Waals surface area contributed by atoms with Crippen molar-refractivity contribution in [2.45, 2.75) is 32.3 Å². The summed E-state index contributed by atoms with van der Waals surface area (Å²) in [5.41, 5.74) is 2.55. The van der Waals surface area contributed by atoms with E-state index in [0.29, 0.717) is 0 Å². The van der Waals surface area contributed by atoms with Crippen LogP contribution < -0.4 is 10.1 Å². The summed E-state index contributed by atoms with van der Waals surface area (Å²) in [6, 6.07) is 23.3. The van der Waals surface area contributed by atoms with Crippen molar-refractivity contribution < 1.29 is 4.74 Å². The maximum Gasteiger partial charge on any atom is 0.119 e. The van der Waals surface area contributed by atoms with Crippen molar-refractivity contribution >= 4 is 20.0 Å². The van der Waals surface area contributed by atoms with E-state index in [4.69, 9.17) is 4.74 Å². The third-order valence-corrected chi connectivity index (χ3v) is 4.57. The monoisotopic (exact) mass is 337 g/mol. The molecule has 24 heavy (non-hydrogen) atoms. The van der Waals surface area contributed by atoms with Crippen LogP contribution in [-0.2, 0) is 6.54 Å². The van der Waals surface area contributed by atoms with Gasteiger partial charge in [0, 0.05) is 12.3 Å². The van der Waals surface area contributed by atoms with E-state index in [2.05, 4.69) is 69.2 Å². The van der Waals surface area contributed by atoms with E-state index in [1.54, 1.807) is 0 Å². The van der Waals surface area contributed by atoms with Crippen molar-refractivity contribution in [2.24, 2.45) is 0 Å². The highest BCUT2D eigenvalue weighted by atomic mass is 31.0. The molecule has 0 aliphatic rings. The van der Waals surface area contributed by atoms with Crippen LogP contribution in [-0.4, -0.2) is 6.10 Å². The van der Waals surface area contributed by atoms with Gasteiger partial charge in [0.1, 0.15) is 5.75 Å². The molecular formula is C21H24NOP. The normalized spacial score (nSPS) is 12.5. The van der Waals surface area contributed by atoms with Gasteiger partial charge in [0.2, 0.25) is 0 Å². The molecule has 3 heteroatoms. The fraction of sp³-hybridized carbons (Fsp3) is 0.238. The quantitative estimate of drug-likeness (QED) is 0.617.